The molecule has 1 N–H and O–H groups in total. The maximum absolute atomic E-state index is 9.34. The molecule has 1 atom stereocenters. The summed E-state index contributed by atoms with van der Waals surface area (Å²) in [6.45, 7) is 7.71. The first-order valence-electron chi connectivity index (χ1n) is 8.39. The number of hydrogen-bond donors (Lipinski definition) is 1. The number of anilines is 1. The van der Waals surface area contributed by atoms with Gasteiger partial charge < -0.3 is 10.0 Å². The van der Waals surface area contributed by atoms with E-state index in [1.165, 1.54) is 0 Å². The second-order valence-electron chi connectivity index (χ2n) is 6.38. The average molecular weight is 326 g/mol. The Balaban J connectivity index is 1.73. The largest absolute Gasteiger partial charge is 0.395 e. The lowest BCUT2D eigenvalue weighted by Crippen LogP contribution is -2.51. The van der Waals surface area contributed by atoms with E-state index in [-0.39, 0.29) is 12.6 Å². The zero-order chi connectivity index (χ0) is 16.7. The van der Waals surface area contributed by atoms with E-state index in [1.807, 2.05) is 35.7 Å². The molecule has 1 aliphatic heterocycles. The van der Waals surface area contributed by atoms with Crippen LogP contribution in [0.5, 0.6) is 0 Å². The summed E-state index contributed by atoms with van der Waals surface area (Å²) in [5, 5.41) is 14.9. The zero-order valence-electron chi connectivity index (χ0n) is 14.1. The van der Waals surface area contributed by atoms with E-state index in [4.69, 9.17) is 4.98 Å². The Kier molecular flexibility index (Phi) is 3.82. The number of rotatable bonds is 3. The smallest absolute Gasteiger partial charge is 0.229 e. The van der Waals surface area contributed by atoms with Crippen LogP contribution >= 0.6 is 0 Å². The van der Waals surface area contributed by atoms with Crippen LogP contribution in [0, 0.1) is 6.92 Å². The first-order valence-corrected chi connectivity index (χ1v) is 8.39. The Labute approximate surface area is 140 Å². The monoisotopic (exact) mass is 326 g/mol. The summed E-state index contributed by atoms with van der Waals surface area (Å²) < 4.78 is 1.86. The summed E-state index contributed by atoms with van der Waals surface area (Å²) in [6, 6.07) is 8.26. The minimum atomic E-state index is 0.195. The highest BCUT2D eigenvalue weighted by atomic mass is 16.3. The van der Waals surface area contributed by atoms with Gasteiger partial charge in [0.25, 0.3) is 0 Å². The van der Waals surface area contributed by atoms with Crippen LogP contribution in [0.25, 0.3) is 16.6 Å². The molecule has 0 amide bonds. The molecule has 0 aliphatic carbocycles. The van der Waals surface area contributed by atoms with Crippen molar-refractivity contribution in [2.24, 2.45) is 0 Å². The molecule has 4 rings (SSSR count). The molecule has 0 spiro atoms. The van der Waals surface area contributed by atoms with E-state index in [1.54, 1.807) is 0 Å². The van der Waals surface area contributed by atoms with Crippen molar-refractivity contribution >= 4 is 22.5 Å². The zero-order valence-corrected chi connectivity index (χ0v) is 14.1. The van der Waals surface area contributed by atoms with Crippen molar-refractivity contribution in [2.75, 3.05) is 37.7 Å². The van der Waals surface area contributed by atoms with Crippen LogP contribution in [-0.4, -0.2) is 68.4 Å². The van der Waals surface area contributed by atoms with Crippen molar-refractivity contribution < 1.29 is 5.11 Å². The van der Waals surface area contributed by atoms with E-state index < -0.39 is 0 Å². The topological polar surface area (TPSA) is 69.8 Å². The average Bonchev–Trinajstić information content (AvgIpc) is 3.02. The lowest BCUT2D eigenvalue weighted by molar-refractivity contribution is 0.128. The summed E-state index contributed by atoms with van der Waals surface area (Å²) in [4.78, 5) is 14.0. The summed E-state index contributed by atoms with van der Waals surface area (Å²) in [6.07, 6.45) is 0. The minimum absolute atomic E-state index is 0.195. The highest BCUT2D eigenvalue weighted by molar-refractivity contribution is 5.92. The van der Waals surface area contributed by atoms with Crippen molar-refractivity contribution in [1.29, 1.82) is 0 Å². The van der Waals surface area contributed by atoms with Crippen molar-refractivity contribution in [3.63, 3.8) is 0 Å². The fraction of sp³-hybridized carbons (Fsp3) is 0.471. The Morgan fingerprint density at radius 3 is 2.62 bits per heavy atom. The number of aliphatic hydroxyl groups excluding tert-OH is 1. The number of aryl methyl sites for hydroxylation is 1. The fourth-order valence-electron chi connectivity index (χ4n) is 3.33. The van der Waals surface area contributed by atoms with Crippen molar-refractivity contribution in [1.82, 2.24) is 24.5 Å². The van der Waals surface area contributed by atoms with Gasteiger partial charge in [0.1, 0.15) is 5.82 Å². The third kappa shape index (κ3) is 2.50. The van der Waals surface area contributed by atoms with Crippen molar-refractivity contribution in [3.8, 4) is 0 Å². The van der Waals surface area contributed by atoms with Crippen LogP contribution in [0.15, 0.2) is 24.3 Å². The lowest BCUT2D eigenvalue weighted by Gasteiger charge is -2.37. The molecule has 1 unspecified atom stereocenters. The first kappa shape index (κ1) is 15.3. The summed E-state index contributed by atoms with van der Waals surface area (Å²) in [5.41, 5.74) is 1.80. The lowest BCUT2D eigenvalue weighted by atomic mass is 10.2. The number of piperazine rings is 1. The molecule has 3 heterocycles. The van der Waals surface area contributed by atoms with Crippen LogP contribution in [0.4, 0.5) is 5.95 Å². The van der Waals surface area contributed by atoms with Gasteiger partial charge in [-0.2, -0.15) is 4.52 Å². The van der Waals surface area contributed by atoms with Gasteiger partial charge in [-0.3, -0.25) is 4.90 Å². The van der Waals surface area contributed by atoms with Gasteiger partial charge in [0.2, 0.25) is 5.95 Å². The number of hydrogen-bond acceptors (Lipinski definition) is 6. The molecule has 126 valence electrons. The van der Waals surface area contributed by atoms with Gasteiger partial charge in [-0.25, -0.2) is 9.97 Å². The van der Waals surface area contributed by atoms with Crippen LogP contribution in [0.3, 0.4) is 0 Å². The van der Waals surface area contributed by atoms with E-state index in [9.17, 15) is 5.11 Å². The van der Waals surface area contributed by atoms with Gasteiger partial charge >= 0.3 is 0 Å². The molecule has 3 aromatic rings. The number of fused-ring (bicyclic) bond motifs is 3. The van der Waals surface area contributed by atoms with E-state index in [0.29, 0.717) is 0 Å². The van der Waals surface area contributed by atoms with Crippen LogP contribution in [0.2, 0.25) is 0 Å². The predicted molar refractivity (Wildman–Crippen MR) is 93.4 cm³/mol. The van der Waals surface area contributed by atoms with E-state index in [2.05, 4.69) is 26.8 Å². The van der Waals surface area contributed by atoms with Crippen molar-refractivity contribution in [2.45, 2.75) is 19.9 Å². The molecule has 1 saturated heterocycles. The first-order chi connectivity index (χ1) is 11.7. The maximum Gasteiger partial charge on any atom is 0.229 e. The van der Waals surface area contributed by atoms with Crippen molar-refractivity contribution in [3.05, 3.63) is 30.1 Å². The van der Waals surface area contributed by atoms with E-state index in [0.717, 1.165) is 54.5 Å². The van der Waals surface area contributed by atoms with Gasteiger partial charge in [0, 0.05) is 37.6 Å². The molecule has 24 heavy (non-hydrogen) atoms. The molecule has 1 aliphatic rings. The number of benzene rings is 1. The van der Waals surface area contributed by atoms with Crippen LogP contribution in [-0.2, 0) is 0 Å². The summed E-state index contributed by atoms with van der Waals surface area (Å²) in [7, 11) is 0. The molecule has 0 saturated carbocycles. The molecule has 0 bridgehead atoms. The highest BCUT2D eigenvalue weighted by Gasteiger charge is 2.24. The van der Waals surface area contributed by atoms with E-state index >= 15 is 0 Å². The van der Waals surface area contributed by atoms with Gasteiger partial charge in [-0.1, -0.05) is 12.1 Å². The van der Waals surface area contributed by atoms with Crippen LogP contribution in [0.1, 0.15) is 12.7 Å². The van der Waals surface area contributed by atoms with Gasteiger partial charge in [-0.05, 0) is 26.0 Å². The number of aromatic nitrogens is 4. The predicted octanol–water partition coefficient (Wildman–Crippen LogP) is 1.09. The van der Waals surface area contributed by atoms with Crippen LogP contribution < -0.4 is 4.90 Å². The number of para-hydroxylation sites is 1. The minimum Gasteiger partial charge on any atom is -0.395 e. The molecule has 1 fully saturated rings. The fourth-order valence-corrected chi connectivity index (χ4v) is 3.33. The standard InChI is InChI=1S/C17H22N6O/c1-12(11-24)21-7-9-22(10-8-21)17-19-15-6-4-3-5-14(15)16-18-13(2)20-23(16)17/h3-6,12,24H,7-11H2,1-2H3. The second kappa shape index (κ2) is 5.99. The Morgan fingerprint density at radius 2 is 1.88 bits per heavy atom. The van der Waals surface area contributed by atoms with Gasteiger partial charge in [0.15, 0.2) is 5.65 Å². The second-order valence-corrected chi connectivity index (χ2v) is 6.38. The summed E-state index contributed by atoms with van der Waals surface area (Å²) >= 11 is 0. The SMILES string of the molecule is Cc1nc2c3ccccc3nc(N3CCN(C(C)CO)CC3)n2n1. The Morgan fingerprint density at radius 1 is 1.12 bits per heavy atom. The molecule has 2 aromatic heterocycles. The Hall–Kier alpha value is -2.25. The quantitative estimate of drug-likeness (QED) is 0.777. The third-order valence-corrected chi connectivity index (χ3v) is 4.75. The Bertz CT molecular complexity index is 868. The normalized spacial score (nSPS) is 17.7. The molecule has 0 radical (unpaired) electrons. The summed E-state index contributed by atoms with van der Waals surface area (Å²) in [5.74, 6) is 1.60. The highest BCUT2D eigenvalue weighted by Crippen LogP contribution is 2.23. The maximum atomic E-state index is 9.34. The van der Waals surface area contributed by atoms with Gasteiger partial charge in [-0.15, -0.1) is 5.10 Å². The molecule has 7 nitrogen and oxygen atoms in total. The third-order valence-electron chi connectivity index (χ3n) is 4.75. The molecule has 7 heteroatoms. The number of nitrogens with zero attached hydrogens (tertiary/aromatic N) is 6. The molecule has 1 aromatic carbocycles. The number of aliphatic hydroxyl groups is 1. The van der Waals surface area contributed by atoms with Gasteiger partial charge in [0.05, 0.1) is 12.1 Å². The molecular formula is C17H22N6O. The molecular weight excluding hydrogens is 304 g/mol.